The molecule has 0 aromatic carbocycles. The van der Waals surface area contributed by atoms with Crippen molar-refractivity contribution in [3.05, 3.63) is 122 Å². The fourth-order valence-corrected chi connectivity index (χ4v) is 7.21. The Labute approximate surface area is 390 Å². The van der Waals surface area contributed by atoms with E-state index in [4.69, 9.17) is 0 Å². The highest BCUT2D eigenvalue weighted by Gasteiger charge is 2.17. The maximum atomic E-state index is 12.4. The molecule has 0 fully saturated rings. The zero-order valence-electron chi connectivity index (χ0n) is 41.0. The predicted molar refractivity (Wildman–Crippen MR) is 280 cm³/mol. The number of rotatable bonds is 46. The number of allylic oxidation sites excluding steroid dienone is 19. The summed E-state index contributed by atoms with van der Waals surface area (Å²) in [4.78, 5) is 12.4. The van der Waals surface area contributed by atoms with Crippen molar-refractivity contribution in [2.24, 2.45) is 0 Å². The van der Waals surface area contributed by atoms with Gasteiger partial charge in [-0.1, -0.05) is 245 Å². The molecule has 0 heterocycles. The molecule has 3 N–H and O–H groups in total. The second kappa shape index (κ2) is 53.1. The first kappa shape index (κ1) is 59.8. The Morgan fingerprint density at radius 1 is 0.397 bits per heavy atom. The van der Waals surface area contributed by atoms with E-state index in [-0.39, 0.29) is 12.5 Å². The van der Waals surface area contributed by atoms with Crippen LogP contribution in [-0.2, 0) is 4.79 Å². The monoisotopic (exact) mass is 870 g/mol. The third-order valence-electron chi connectivity index (χ3n) is 11.2. The molecule has 0 aliphatic carbocycles. The van der Waals surface area contributed by atoms with Crippen molar-refractivity contribution in [3.8, 4) is 0 Å². The molecule has 2 unspecified atom stereocenters. The van der Waals surface area contributed by atoms with Crippen LogP contribution < -0.4 is 5.32 Å². The van der Waals surface area contributed by atoms with E-state index in [0.29, 0.717) is 6.42 Å². The van der Waals surface area contributed by atoms with Crippen molar-refractivity contribution >= 4 is 5.91 Å². The van der Waals surface area contributed by atoms with Crippen molar-refractivity contribution in [1.82, 2.24) is 5.32 Å². The molecule has 4 nitrogen and oxygen atoms in total. The lowest BCUT2D eigenvalue weighted by molar-refractivity contribution is -0.123. The Balaban J connectivity index is 3.52. The minimum atomic E-state index is -0.865. The quantitative estimate of drug-likeness (QED) is 0.0422. The standard InChI is InChI=1S/C59H99NO3/c1-3-5-7-9-11-13-15-16-17-18-19-20-21-22-23-24-25-26-27-28-29-30-31-32-33-34-35-36-37-38-39-40-41-42-43-44-45-47-49-51-53-55-59(63)60-57(56-61)58(62)54-52-50-48-46-14-12-10-8-6-4-2/h5,7,11,13-14,16-17,19-20,22-23,25-26,28-29,31-32,46,52,54,57-58,61-62H,3-4,6,8-10,12,15,18,21,24,27,30,33-45,47-51,53,55-56H2,1-2H3,(H,60,63)/b7-5-,13-11-,17-16-,20-19-,23-22-,26-25-,29-28-,32-31-,46-14+,54-52+. The smallest absolute Gasteiger partial charge is 0.220 e. The SMILES string of the molecule is CC/C=C\C/C=C\C/C=C\C/C=C\C/C=C\C/C=C\C/C=C\C/C=C\CCCCCCCCCCCCCCCCCCC(=O)NC(CO)C(O)/C=C/CC/C=C/CCCCCC. The first-order valence-electron chi connectivity index (χ1n) is 26.2. The van der Waals surface area contributed by atoms with Gasteiger partial charge in [0.15, 0.2) is 0 Å². The molecule has 0 aliphatic heterocycles. The third-order valence-corrected chi connectivity index (χ3v) is 11.2. The summed E-state index contributed by atoms with van der Waals surface area (Å²) in [6, 6.07) is -0.642. The molecule has 0 aliphatic rings. The van der Waals surface area contributed by atoms with Crippen LogP contribution in [0.25, 0.3) is 0 Å². The summed E-state index contributed by atoms with van der Waals surface area (Å²) in [5.74, 6) is -0.0799. The van der Waals surface area contributed by atoms with Gasteiger partial charge in [0.05, 0.1) is 18.8 Å². The fourth-order valence-electron chi connectivity index (χ4n) is 7.21. The summed E-state index contributed by atoms with van der Waals surface area (Å²) in [5, 5.41) is 22.9. The Kier molecular flexibility index (Phi) is 50.4. The van der Waals surface area contributed by atoms with Crippen LogP contribution >= 0.6 is 0 Å². The predicted octanol–water partition coefficient (Wildman–Crippen LogP) is 17.3. The van der Waals surface area contributed by atoms with Gasteiger partial charge in [0.25, 0.3) is 0 Å². The summed E-state index contributed by atoms with van der Waals surface area (Å²) in [6.07, 6.45) is 82.1. The molecule has 0 spiro atoms. The van der Waals surface area contributed by atoms with E-state index in [1.54, 1.807) is 6.08 Å². The van der Waals surface area contributed by atoms with Crippen LogP contribution in [0.3, 0.4) is 0 Å². The van der Waals surface area contributed by atoms with Gasteiger partial charge in [-0.05, 0) is 96.3 Å². The summed E-state index contributed by atoms with van der Waals surface area (Å²) in [5.41, 5.74) is 0. The number of carbonyl (C=O) groups is 1. The Morgan fingerprint density at radius 3 is 1.11 bits per heavy atom. The number of unbranched alkanes of at least 4 members (excludes halogenated alkanes) is 21. The second-order valence-electron chi connectivity index (χ2n) is 17.2. The summed E-state index contributed by atoms with van der Waals surface area (Å²) in [7, 11) is 0. The Morgan fingerprint density at radius 2 is 0.714 bits per heavy atom. The lowest BCUT2D eigenvalue weighted by Gasteiger charge is -2.19. The molecule has 4 heteroatoms. The van der Waals surface area contributed by atoms with Gasteiger partial charge in [-0.25, -0.2) is 0 Å². The molecule has 0 rings (SSSR count). The highest BCUT2D eigenvalue weighted by Crippen LogP contribution is 2.15. The minimum Gasteiger partial charge on any atom is -0.394 e. The maximum Gasteiger partial charge on any atom is 0.220 e. The van der Waals surface area contributed by atoms with Crippen LogP contribution in [0.15, 0.2) is 122 Å². The average molecular weight is 870 g/mol. The van der Waals surface area contributed by atoms with Crippen LogP contribution in [-0.4, -0.2) is 34.9 Å². The molecule has 0 radical (unpaired) electrons. The Hall–Kier alpha value is -3.21. The van der Waals surface area contributed by atoms with Gasteiger partial charge >= 0.3 is 0 Å². The van der Waals surface area contributed by atoms with E-state index in [9.17, 15) is 15.0 Å². The van der Waals surface area contributed by atoms with Crippen LogP contribution in [0.4, 0.5) is 0 Å². The zero-order chi connectivity index (χ0) is 45.6. The molecule has 358 valence electrons. The van der Waals surface area contributed by atoms with Crippen LogP contribution in [0.2, 0.25) is 0 Å². The molecular formula is C59H99NO3. The zero-order valence-corrected chi connectivity index (χ0v) is 41.0. The van der Waals surface area contributed by atoms with Crippen LogP contribution in [0.5, 0.6) is 0 Å². The molecule has 0 bridgehead atoms. The second-order valence-corrected chi connectivity index (χ2v) is 17.2. The number of aliphatic hydroxyl groups is 2. The normalized spacial score (nSPS) is 13.9. The van der Waals surface area contributed by atoms with Crippen molar-refractivity contribution in [2.45, 2.75) is 238 Å². The van der Waals surface area contributed by atoms with Crippen molar-refractivity contribution in [1.29, 1.82) is 0 Å². The van der Waals surface area contributed by atoms with Crippen molar-refractivity contribution in [3.63, 3.8) is 0 Å². The largest absolute Gasteiger partial charge is 0.394 e. The maximum absolute atomic E-state index is 12.4. The van der Waals surface area contributed by atoms with E-state index in [0.717, 1.165) is 83.5 Å². The number of hydrogen-bond acceptors (Lipinski definition) is 3. The molecule has 0 aromatic heterocycles. The topological polar surface area (TPSA) is 69.6 Å². The van der Waals surface area contributed by atoms with Gasteiger partial charge in [-0.15, -0.1) is 0 Å². The highest BCUT2D eigenvalue weighted by atomic mass is 16.3. The molecule has 2 atom stereocenters. The van der Waals surface area contributed by atoms with E-state index < -0.39 is 12.1 Å². The van der Waals surface area contributed by atoms with E-state index in [1.807, 2.05) is 6.08 Å². The third kappa shape index (κ3) is 49.7. The van der Waals surface area contributed by atoms with Gasteiger partial charge in [-0.2, -0.15) is 0 Å². The van der Waals surface area contributed by atoms with Gasteiger partial charge in [-0.3, -0.25) is 4.79 Å². The number of hydrogen-bond donors (Lipinski definition) is 3. The Bertz CT molecular complexity index is 1260. The van der Waals surface area contributed by atoms with Crippen molar-refractivity contribution in [2.75, 3.05) is 6.61 Å². The summed E-state index contributed by atoms with van der Waals surface area (Å²) >= 11 is 0. The number of aliphatic hydroxyl groups excluding tert-OH is 2. The van der Waals surface area contributed by atoms with Crippen LogP contribution in [0, 0.1) is 0 Å². The number of carbonyl (C=O) groups excluding carboxylic acids is 1. The highest BCUT2D eigenvalue weighted by molar-refractivity contribution is 5.76. The van der Waals surface area contributed by atoms with Gasteiger partial charge in [0.2, 0.25) is 5.91 Å². The molecule has 0 saturated carbocycles. The van der Waals surface area contributed by atoms with E-state index in [2.05, 4.69) is 129 Å². The van der Waals surface area contributed by atoms with Gasteiger partial charge < -0.3 is 15.5 Å². The van der Waals surface area contributed by atoms with Gasteiger partial charge in [0.1, 0.15) is 0 Å². The molecule has 0 aromatic rings. The van der Waals surface area contributed by atoms with Crippen molar-refractivity contribution < 1.29 is 15.0 Å². The lowest BCUT2D eigenvalue weighted by Crippen LogP contribution is -2.45. The average Bonchev–Trinajstić information content (AvgIpc) is 3.29. The molecule has 63 heavy (non-hydrogen) atoms. The lowest BCUT2D eigenvalue weighted by atomic mass is 10.0. The first-order chi connectivity index (χ1) is 31.2. The number of amides is 1. The van der Waals surface area contributed by atoms with E-state index in [1.165, 1.54) is 122 Å². The molecular weight excluding hydrogens is 771 g/mol. The summed E-state index contributed by atoms with van der Waals surface area (Å²) < 4.78 is 0. The van der Waals surface area contributed by atoms with Crippen LogP contribution in [0.1, 0.15) is 226 Å². The number of nitrogens with one attached hydrogen (secondary N) is 1. The van der Waals surface area contributed by atoms with Gasteiger partial charge in [0, 0.05) is 6.42 Å². The minimum absolute atomic E-state index is 0.0799. The summed E-state index contributed by atoms with van der Waals surface area (Å²) in [6.45, 7) is 4.13. The molecule has 1 amide bonds. The fraction of sp³-hybridized carbons (Fsp3) is 0.644. The molecule has 0 saturated heterocycles. The van der Waals surface area contributed by atoms with E-state index >= 15 is 0 Å². The first-order valence-corrected chi connectivity index (χ1v) is 26.2.